The Morgan fingerprint density at radius 2 is 1.81 bits per heavy atom. The molecule has 0 radical (unpaired) electrons. The zero-order valence-corrected chi connectivity index (χ0v) is 12.7. The van der Waals surface area contributed by atoms with Gasteiger partial charge in [0.1, 0.15) is 11.4 Å². The molecule has 1 aromatic rings. The molecule has 0 aromatic heterocycles. The van der Waals surface area contributed by atoms with Crippen LogP contribution < -0.4 is 5.32 Å². The van der Waals surface area contributed by atoms with Gasteiger partial charge in [0.25, 0.3) is 0 Å². The summed E-state index contributed by atoms with van der Waals surface area (Å²) in [6.45, 7) is 5.08. The van der Waals surface area contributed by atoms with Crippen molar-refractivity contribution in [3.05, 3.63) is 35.1 Å². The van der Waals surface area contributed by atoms with Gasteiger partial charge in [-0.15, -0.1) is 11.6 Å². The molecule has 0 fully saturated rings. The lowest BCUT2D eigenvalue weighted by Crippen LogP contribution is -2.41. The van der Waals surface area contributed by atoms with Crippen molar-refractivity contribution in [1.29, 1.82) is 0 Å². The van der Waals surface area contributed by atoms with Gasteiger partial charge >= 0.3 is 6.09 Å². The molecule has 1 unspecified atom stereocenters. The average molecular weight is 324 g/mol. The van der Waals surface area contributed by atoms with Crippen LogP contribution >= 0.6 is 11.6 Å². The molecule has 118 valence electrons. The van der Waals surface area contributed by atoms with Gasteiger partial charge in [-0.2, -0.15) is 0 Å². The quantitative estimate of drug-likeness (QED) is 0.676. The lowest BCUT2D eigenvalue weighted by molar-refractivity contribution is 0.0509. The minimum Gasteiger partial charge on any atom is -0.444 e. The van der Waals surface area contributed by atoms with E-state index in [1.54, 1.807) is 20.8 Å². The number of amides is 1. The summed E-state index contributed by atoms with van der Waals surface area (Å²) in [6.07, 6.45) is -0.790. The van der Waals surface area contributed by atoms with Gasteiger partial charge in [-0.1, -0.05) is 0 Å². The highest BCUT2D eigenvalue weighted by Gasteiger charge is 2.21. The third-order valence-electron chi connectivity index (χ3n) is 2.46. The Morgan fingerprint density at radius 3 is 2.33 bits per heavy atom. The van der Waals surface area contributed by atoms with Gasteiger partial charge in [0.2, 0.25) is 0 Å². The predicted molar refractivity (Wildman–Crippen MR) is 73.9 cm³/mol. The lowest BCUT2D eigenvalue weighted by Gasteiger charge is -2.22. The van der Waals surface area contributed by atoms with Crippen molar-refractivity contribution in [3.8, 4) is 0 Å². The molecule has 1 aromatic carbocycles. The second kappa shape index (κ2) is 7.02. The summed E-state index contributed by atoms with van der Waals surface area (Å²) in [5.41, 5.74) is -0.760. The number of halogens is 4. The minimum absolute atomic E-state index is 0.0301. The molecule has 1 atom stereocenters. The number of ether oxygens (including phenoxy) is 1. The van der Waals surface area contributed by atoms with Crippen molar-refractivity contribution >= 4 is 17.7 Å². The molecule has 0 bridgehead atoms. The number of hydrogen-bond donors (Lipinski definition) is 1. The van der Waals surface area contributed by atoms with Crippen LogP contribution in [-0.2, 0) is 11.2 Å². The van der Waals surface area contributed by atoms with Crippen LogP contribution in [0.4, 0.5) is 18.0 Å². The third kappa shape index (κ3) is 5.83. The van der Waals surface area contributed by atoms with Crippen molar-refractivity contribution in [2.45, 2.75) is 38.8 Å². The van der Waals surface area contributed by atoms with Crippen LogP contribution in [0.2, 0.25) is 0 Å². The summed E-state index contributed by atoms with van der Waals surface area (Å²) in [7, 11) is 0. The molecule has 0 aliphatic heterocycles. The number of carbonyl (C=O) groups excluding carboxylic acids is 1. The zero-order chi connectivity index (χ0) is 16.2. The Morgan fingerprint density at radius 1 is 1.24 bits per heavy atom. The molecule has 0 spiro atoms. The largest absolute Gasteiger partial charge is 0.444 e. The highest BCUT2D eigenvalue weighted by Crippen LogP contribution is 2.16. The van der Waals surface area contributed by atoms with E-state index in [1.807, 2.05) is 0 Å². The van der Waals surface area contributed by atoms with Gasteiger partial charge in [-0.25, -0.2) is 18.0 Å². The van der Waals surface area contributed by atoms with Gasteiger partial charge in [0.05, 0.1) is 0 Å². The van der Waals surface area contributed by atoms with Crippen LogP contribution in [0.5, 0.6) is 0 Å². The fraction of sp³-hybridized carbons (Fsp3) is 0.500. The number of nitrogens with one attached hydrogen (secondary N) is 1. The smallest absolute Gasteiger partial charge is 0.407 e. The highest BCUT2D eigenvalue weighted by molar-refractivity contribution is 6.18. The van der Waals surface area contributed by atoms with Gasteiger partial charge in [-0.05, 0) is 38.8 Å². The standard InChI is InChI=1S/C14H17ClF3NO2/c1-14(2,3)21-13(20)19-9(7-15)4-8-5-11(17)12(18)6-10(8)16/h5-6,9H,4,7H2,1-3H3,(H,19,20). The maximum absolute atomic E-state index is 13.5. The summed E-state index contributed by atoms with van der Waals surface area (Å²) < 4.78 is 44.5. The van der Waals surface area contributed by atoms with Crippen LogP contribution in [0.1, 0.15) is 26.3 Å². The number of alkyl carbamates (subject to hydrolysis) is 1. The monoisotopic (exact) mass is 323 g/mol. The van der Waals surface area contributed by atoms with E-state index < -0.39 is 35.2 Å². The molecule has 21 heavy (non-hydrogen) atoms. The molecule has 1 amide bonds. The number of benzene rings is 1. The van der Waals surface area contributed by atoms with E-state index in [1.165, 1.54) is 0 Å². The van der Waals surface area contributed by atoms with Crippen LogP contribution in [0.3, 0.4) is 0 Å². The van der Waals surface area contributed by atoms with Crippen LogP contribution in [-0.4, -0.2) is 23.6 Å². The van der Waals surface area contributed by atoms with Crippen molar-refractivity contribution in [3.63, 3.8) is 0 Å². The predicted octanol–water partition coefficient (Wildman–Crippen LogP) is 3.78. The summed E-state index contributed by atoms with van der Waals surface area (Å²) in [6, 6.07) is 0.547. The Kier molecular flexibility index (Phi) is 5.89. The second-order valence-electron chi connectivity index (χ2n) is 5.56. The fourth-order valence-corrected chi connectivity index (χ4v) is 1.79. The summed E-state index contributed by atoms with van der Waals surface area (Å²) >= 11 is 5.70. The van der Waals surface area contributed by atoms with Gasteiger partial charge in [-0.3, -0.25) is 0 Å². The van der Waals surface area contributed by atoms with E-state index in [0.717, 1.165) is 6.07 Å². The minimum atomic E-state index is -1.27. The van der Waals surface area contributed by atoms with Crippen molar-refractivity contribution in [1.82, 2.24) is 5.32 Å². The van der Waals surface area contributed by atoms with Crippen LogP contribution in [0, 0.1) is 17.5 Å². The van der Waals surface area contributed by atoms with E-state index in [9.17, 15) is 18.0 Å². The topological polar surface area (TPSA) is 38.3 Å². The molecule has 0 saturated carbocycles. The molecule has 3 nitrogen and oxygen atoms in total. The van der Waals surface area contributed by atoms with E-state index in [2.05, 4.69) is 5.32 Å². The average Bonchev–Trinajstić information content (AvgIpc) is 2.32. The first kappa shape index (κ1) is 17.6. The molecule has 7 heteroatoms. The Hall–Kier alpha value is -1.43. The maximum Gasteiger partial charge on any atom is 0.407 e. The molecule has 0 aliphatic carbocycles. The Balaban J connectivity index is 2.75. The van der Waals surface area contributed by atoms with E-state index in [0.29, 0.717) is 6.07 Å². The molecule has 1 N–H and O–H groups in total. The molecular formula is C14H17ClF3NO2. The van der Waals surface area contributed by atoms with Gasteiger partial charge in [0.15, 0.2) is 11.6 Å². The second-order valence-corrected chi connectivity index (χ2v) is 5.87. The van der Waals surface area contributed by atoms with Gasteiger partial charge in [0, 0.05) is 18.0 Å². The number of carbonyl (C=O) groups is 1. The molecule has 1 rings (SSSR count). The molecular weight excluding hydrogens is 307 g/mol. The van der Waals surface area contributed by atoms with E-state index in [4.69, 9.17) is 16.3 Å². The van der Waals surface area contributed by atoms with Crippen LogP contribution in [0.15, 0.2) is 12.1 Å². The van der Waals surface area contributed by atoms with E-state index >= 15 is 0 Å². The SMILES string of the molecule is CC(C)(C)OC(=O)NC(CCl)Cc1cc(F)c(F)cc1F. The number of alkyl halides is 1. The third-order valence-corrected chi connectivity index (χ3v) is 2.84. The Bertz CT molecular complexity index is 518. The van der Waals surface area contributed by atoms with Gasteiger partial charge < -0.3 is 10.1 Å². The first-order valence-electron chi connectivity index (χ1n) is 6.31. The van der Waals surface area contributed by atoms with Crippen molar-refractivity contribution in [2.75, 3.05) is 5.88 Å². The number of rotatable bonds is 4. The summed E-state index contributed by atoms with van der Waals surface area (Å²) in [5.74, 6) is -3.34. The first-order valence-corrected chi connectivity index (χ1v) is 6.84. The number of hydrogen-bond acceptors (Lipinski definition) is 2. The molecule has 0 heterocycles. The normalized spacial score (nSPS) is 12.9. The van der Waals surface area contributed by atoms with Crippen LogP contribution in [0.25, 0.3) is 0 Å². The molecule has 0 saturated heterocycles. The lowest BCUT2D eigenvalue weighted by atomic mass is 10.1. The van der Waals surface area contributed by atoms with Crippen molar-refractivity contribution < 1.29 is 22.7 Å². The first-order chi connectivity index (χ1) is 9.62. The zero-order valence-electron chi connectivity index (χ0n) is 12.0. The van der Waals surface area contributed by atoms with E-state index in [-0.39, 0.29) is 17.9 Å². The summed E-state index contributed by atoms with van der Waals surface area (Å²) in [5, 5.41) is 2.46. The molecule has 0 aliphatic rings. The Labute approximate surface area is 126 Å². The summed E-state index contributed by atoms with van der Waals surface area (Å²) in [4.78, 5) is 11.6. The maximum atomic E-state index is 13.5. The fourth-order valence-electron chi connectivity index (χ4n) is 1.60. The van der Waals surface area contributed by atoms with Crippen molar-refractivity contribution in [2.24, 2.45) is 0 Å². The highest BCUT2D eigenvalue weighted by atomic mass is 35.5.